The molecule has 2 aromatic heterocycles. The molecular weight excluding hydrogens is 445 g/mol. The molecule has 0 spiro atoms. The fraction of sp³-hybridized carbons (Fsp3) is 0.280. The fourth-order valence-electron chi connectivity index (χ4n) is 4.07. The van der Waals surface area contributed by atoms with Gasteiger partial charge in [-0.3, -0.25) is 14.6 Å². The molecule has 0 atom stereocenters. The number of halogens is 3. The molecular formula is C25H23F3N4O2. The summed E-state index contributed by atoms with van der Waals surface area (Å²) < 4.78 is 30.6. The van der Waals surface area contributed by atoms with Crippen LogP contribution >= 0.6 is 0 Å². The standard InChI is InChI=1S/C24H22N4O2.CHF3/c1-27-12-9-16-13-17(5-7-19(16)24(27)30)22-15-25-20-8-6-18(14-21(20)26-22)23(29)28-10-3-2-4-11-28;2-1(3)4/h5-9,12-15H,2-4,10-11H2,1H3;1H. The molecule has 2 aromatic carbocycles. The summed E-state index contributed by atoms with van der Waals surface area (Å²) in [5.41, 5.74) is 3.68. The van der Waals surface area contributed by atoms with E-state index in [0.717, 1.165) is 42.4 Å². The van der Waals surface area contributed by atoms with Crippen LogP contribution in [-0.4, -0.2) is 45.1 Å². The molecule has 0 saturated carbocycles. The van der Waals surface area contributed by atoms with E-state index in [-0.39, 0.29) is 11.5 Å². The van der Waals surface area contributed by atoms with Gasteiger partial charge in [0.05, 0.1) is 22.9 Å². The molecule has 5 rings (SSSR count). The number of nitrogens with zero attached hydrogens (tertiary/aromatic N) is 4. The number of rotatable bonds is 2. The molecule has 0 bridgehead atoms. The summed E-state index contributed by atoms with van der Waals surface area (Å²) in [5.74, 6) is 0.0605. The number of aromatic nitrogens is 3. The Morgan fingerprint density at radius 2 is 1.71 bits per heavy atom. The maximum atomic E-state index is 12.9. The summed E-state index contributed by atoms with van der Waals surface area (Å²) in [4.78, 5) is 36.3. The molecule has 0 N–H and O–H groups in total. The first-order valence-corrected chi connectivity index (χ1v) is 10.9. The van der Waals surface area contributed by atoms with Gasteiger partial charge in [-0.1, -0.05) is 6.07 Å². The SMILES string of the molecule is Cn1ccc2cc(-c3cnc4ccc(C(=O)N5CCCCC5)cc4n3)ccc2c1=O.FC(F)F. The average Bonchev–Trinajstić information content (AvgIpc) is 2.85. The van der Waals surface area contributed by atoms with Gasteiger partial charge in [-0.2, -0.15) is 13.2 Å². The van der Waals surface area contributed by atoms with Crippen LogP contribution in [0.3, 0.4) is 0 Å². The molecule has 1 fully saturated rings. The number of fused-ring (bicyclic) bond motifs is 2. The number of piperidine rings is 1. The van der Waals surface area contributed by atoms with Crippen LogP contribution in [0.5, 0.6) is 0 Å². The van der Waals surface area contributed by atoms with Crippen molar-refractivity contribution in [3.8, 4) is 11.3 Å². The molecule has 1 amide bonds. The van der Waals surface area contributed by atoms with Crippen LogP contribution in [0, 0.1) is 0 Å². The number of pyridine rings is 1. The van der Waals surface area contributed by atoms with Crippen LogP contribution < -0.4 is 5.56 Å². The van der Waals surface area contributed by atoms with Gasteiger partial charge < -0.3 is 9.47 Å². The Balaban J connectivity index is 0.000000636. The lowest BCUT2D eigenvalue weighted by Crippen LogP contribution is -2.35. The second-order valence-corrected chi connectivity index (χ2v) is 8.09. The topological polar surface area (TPSA) is 68.1 Å². The van der Waals surface area contributed by atoms with E-state index in [1.165, 1.54) is 6.42 Å². The van der Waals surface area contributed by atoms with Crippen molar-refractivity contribution in [2.75, 3.05) is 13.1 Å². The first kappa shape index (κ1) is 23.4. The van der Waals surface area contributed by atoms with E-state index in [4.69, 9.17) is 4.98 Å². The number of amides is 1. The molecule has 34 heavy (non-hydrogen) atoms. The highest BCUT2D eigenvalue weighted by molar-refractivity contribution is 5.97. The number of hydrogen-bond acceptors (Lipinski definition) is 4. The number of alkyl halides is 3. The first-order chi connectivity index (χ1) is 16.3. The molecule has 1 aliphatic rings. The van der Waals surface area contributed by atoms with Crippen LogP contribution in [0.4, 0.5) is 13.2 Å². The van der Waals surface area contributed by atoms with Crippen molar-refractivity contribution >= 4 is 27.7 Å². The lowest BCUT2D eigenvalue weighted by Gasteiger charge is -2.26. The van der Waals surface area contributed by atoms with Gasteiger partial charge in [0.2, 0.25) is 0 Å². The summed E-state index contributed by atoms with van der Waals surface area (Å²) in [6, 6.07) is 13.1. The Bertz CT molecular complexity index is 1400. The molecule has 6 nitrogen and oxygen atoms in total. The van der Waals surface area contributed by atoms with E-state index >= 15 is 0 Å². The van der Waals surface area contributed by atoms with E-state index < -0.39 is 6.68 Å². The van der Waals surface area contributed by atoms with Gasteiger partial charge in [-0.05, 0) is 61.0 Å². The maximum absolute atomic E-state index is 12.9. The minimum absolute atomic E-state index is 0.0236. The van der Waals surface area contributed by atoms with Crippen LogP contribution in [0.25, 0.3) is 33.1 Å². The van der Waals surface area contributed by atoms with E-state index in [1.807, 2.05) is 47.4 Å². The Labute approximate surface area is 193 Å². The molecule has 4 aromatic rings. The normalized spacial score (nSPS) is 13.7. The summed E-state index contributed by atoms with van der Waals surface area (Å²) in [5, 5.41) is 1.54. The molecule has 9 heteroatoms. The van der Waals surface area contributed by atoms with Crippen molar-refractivity contribution in [2.24, 2.45) is 7.05 Å². The highest BCUT2D eigenvalue weighted by Crippen LogP contribution is 2.24. The first-order valence-electron chi connectivity index (χ1n) is 10.9. The minimum Gasteiger partial charge on any atom is -0.339 e. The van der Waals surface area contributed by atoms with Crippen LogP contribution in [0.1, 0.15) is 29.6 Å². The fourth-order valence-corrected chi connectivity index (χ4v) is 4.07. The Hall–Kier alpha value is -3.75. The Kier molecular flexibility index (Phi) is 6.90. The zero-order valence-electron chi connectivity index (χ0n) is 18.5. The summed E-state index contributed by atoms with van der Waals surface area (Å²) >= 11 is 0. The maximum Gasteiger partial charge on any atom is 0.379 e. The lowest BCUT2D eigenvalue weighted by molar-refractivity contribution is 0.00818. The minimum atomic E-state index is -3.67. The number of hydrogen-bond donors (Lipinski definition) is 0. The molecule has 1 saturated heterocycles. The van der Waals surface area contributed by atoms with E-state index in [2.05, 4.69) is 4.98 Å². The number of carbonyl (C=O) groups excluding carboxylic acids is 1. The third-order valence-electron chi connectivity index (χ3n) is 5.81. The van der Waals surface area contributed by atoms with Gasteiger partial charge in [0, 0.05) is 42.8 Å². The molecule has 0 radical (unpaired) electrons. The van der Waals surface area contributed by atoms with Gasteiger partial charge in [0.1, 0.15) is 0 Å². The Morgan fingerprint density at radius 3 is 2.44 bits per heavy atom. The highest BCUT2D eigenvalue weighted by atomic mass is 19.4. The number of carbonyl (C=O) groups is 1. The third kappa shape index (κ3) is 5.08. The highest BCUT2D eigenvalue weighted by Gasteiger charge is 2.18. The van der Waals surface area contributed by atoms with Gasteiger partial charge in [-0.15, -0.1) is 0 Å². The van der Waals surface area contributed by atoms with Crippen molar-refractivity contribution < 1.29 is 18.0 Å². The van der Waals surface area contributed by atoms with Crippen LogP contribution in [-0.2, 0) is 7.05 Å². The van der Waals surface area contributed by atoms with Crippen molar-refractivity contribution in [1.29, 1.82) is 0 Å². The van der Waals surface area contributed by atoms with E-state index in [9.17, 15) is 22.8 Å². The zero-order chi connectivity index (χ0) is 24.2. The summed E-state index contributed by atoms with van der Waals surface area (Å²) in [6.07, 6.45) is 6.81. The Morgan fingerprint density at radius 1 is 0.971 bits per heavy atom. The quantitative estimate of drug-likeness (QED) is 0.417. The van der Waals surface area contributed by atoms with Crippen molar-refractivity contribution in [1.82, 2.24) is 19.4 Å². The second kappa shape index (κ2) is 10.0. The summed E-state index contributed by atoms with van der Waals surface area (Å²) in [6.45, 7) is -2.03. The number of benzene rings is 2. The number of aryl methyl sites for hydroxylation is 1. The van der Waals surface area contributed by atoms with Crippen molar-refractivity contribution in [3.05, 3.63) is 70.8 Å². The molecule has 1 aliphatic heterocycles. The predicted octanol–water partition coefficient (Wildman–Crippen LogP) is 4.95. The monoisotopic (exact) mass is 468 g/mol. The average molecular weight is 468 g/mol. The van der Waals surface area contributed by atoms with Gasteiger partial charge in [0.25, 0.3) is 11.5 Å². The van der Waals surface area contributed by atoms with E-state index in [0.29, 0.717) is 22.2 Å². The third-order valence-corrected chi connectivity index (χ3v) is 5.81. The van der Waals surface area contributed by atoms with Crippen LogP contribution in [0.15, 0.2) is 59.7 Å². The largest absolute Gasteiger partial charge is 0.379 e. The lowest BCUT2D eigenvalue weighted by atomic mass is 10.1. The second-order valence-electron chi connectivity index (χ2n) is 8.09. The van der Waals surface area contributed by atoms with Crippen molar-refractivity contribution in [2.45, 2.75) is 25.9 Å². The zero-order valence-corrected chi connectivity index (χ0v) is 18.5. The predicted molar refractivity (Wildman–Crippen MR) is 125 cm³/mol. The summed E-state index contributed by atoms with van der Waals surface area (Å²) in [7, 11) is 1.74. The van der Waals surface area contributed by atoms with Crippen LogP contribution in [0.2, 0.25) is 0 Å². The molecule has 0 unspecified atom stereocenters. The molecule has 0 aliphatic carbocycles. The van der Waals surface area contributed by atoms with Crippen molar-refractivity contribution in [3.63, 3.8) is 0 Å². The number of likely N-dealkylation sites (tertiary alicyclic amines) is 1. The van der Waals surface area contributed by atoms with Gasteiger partial charge >= 0.3 is 6.68 Å². The van der Waals surface area contributed by atoms with E-state index in [1.54, 1.807) is 24.0 Å². The van der Waals surface area contributed by atoms with Gasteiger partial charge in [0.15, 0.2) is 0 Å². The molecule has 3 heterocycles. The smallest absolute Gasteiger partial charge is 0.339 e. The van der Waals surface area contributed by atoms with Gasteiger partial charge in [-0.25, -0.2) is 4.98 Å². The molecule has 176 valence electrons.